The summed E-state index contributed by atoms with van der Waals surface area (Å²) in [5.74, 6) is 0. The maximum absolute atomic E-state index is 11.9. The molecule has 1 heterocycles. The van der Waals surface area contributed by atoms with Crippen LogP contribution >= 0.6 is 23.2 Å². The number of aryl methyl sites for hydroxylation is 2. The SMILES string of the molecule is Cc1nn(C)c(C)c1CCNC(=O)Nc1ccc(Cl)c(Cl)c1. The monoisotopic (exact) mass is 340 g/mol. The highest BCUT2D eigenvalue weighted by Crippen LogP contribution is 2.24. The second-order valence-electron chi connectivity index (χ2n) is 5.03. The number of rotatable bonds is 4. The Bertz CT molecular complexity index is 697. The molecule has 0 radical (unpaired) electrons. The molecule has 2 N–H and O–H groups in total. The summed E-state index contributed by atoms with van der Waals surface area (Å²) in [5.41, 5.74) is 3.87. The third-order valence-corrected chi connectivity index (χ3v) is 4.24. The molecule has 1 aromatic heterocycles. The van der Waals surface area contributed by atoms with E-state index in [0.717, 1.165) is 23.4 Å². The van der Waals surface area contributed by atoms with Crippen molar-refractivity contribution < 1.29 is 4.79 Å². The molecule has 2 rings (SSSR count). The number of halogens is 2. The maximum atomic E-state index is 11.9. The Labute approximate surface area is 139 Å². The summed E-state index contributed by atoms with van der Waals surface area (Å²) < 4.78 is 1.85. The number of urea groups is 1. The second-order valence-corrected chi connectivity index (χ2v) is 5.85. The normalized spacial score (nSPS) is 10.6. The fourth-order valence-corrected chi connectivity index (χ4v) is 2.53. The van der Waals surface area contributed by atoms with Crippen LogP contribution in [0.2, 0.25) is 10.0 Å². The summed E-state index contributed by atoms with van der Waals surface area (Å²) in [6, 6.07) is 4.67. The van der Waals surface area contributed by atoms with Crippen molar-refractivity contribution in [2.75, 3.05) is 11.9 Å². The van der Waals surface area contributed by atoms with Crippen LogP contribution in [0.3, 0.4) is 0 Å². The smallest absolute Gasteiger partial charge is 0.319 e. The van der Waals surface area contributed by atoms with Crippen LogP contribution in [0.1, 0.15) is 17.0 Å². The zero-order chi connectivity index (χ0) is 16.3. The average Bonchev–Trinajstić information content (AvgIpc) is 2.69. The molecule has 0 fully saturated rings. The van der Waals surface area contributed by atoms with Gasteiger partial charge in [0.05, 0.1) is 15.7 Å². The zero-order valence-corrected chi connectivity index (χ0v) is 14.2. The van der Waals surface area contributed by atoms with E-state index in [1.54, 1.807) is 18.2 Å². The van der Waals surface area contributed by atoms with E-state index in [9.17, 15) is 4.79 Å². The molecule has 0 aliphatic carbocycles. The van der Waals surface area contributed by atoms with Gasteiger partial charge in [0.2, 0.25) is 0 Å². The van der Waals surface area contributed by atoms with E-state index in [-0.39, 0.29) is 6.03 Å². The molecule has 0 spiro atoms. The van der Waals surface area contributed by atoms with Gasteiger partial charge in [0, 0.05) is 25.0 Å². The third-order valence-electron chi connectivity index (χ3n) is 3.50. The van der Waals surface area contributed by atoms with Crippen molar-refractivity contribution in [2.45, 2.75) is 20.3 Å². The molecule has 7 heteroatoms. The van der Waals surface area contributed by atoms with Gasteiger partial charge in [0.25, 0.3) is 0 Å². The fourth-order valence-electron chi connectivity index (χ4n) is 2.23. The Morgan fingerprint density at radius 2 is 2.00 bits per heavy atom. The summed E-state index contributed by atoms with van der Waals surface area (Å²) in [7, 11) is 1.91. The Morgan fingerprint density at radius 1 is 1.27 bits per heavy atom. The molecule has 2 amide bonds. The van der Waals surface area contributed by atoms with Crippen LogP contribution < -0.4 is 10.6 Å². The molecule has 0 atom stereocenters. The van der Waals surface area contributed by atoms with Gasteiger partial charge in [-0.15, -0.1) is 0 Å². The number of hydrogen-bond donors (Lipinski definition) is 2. The lowest BCUT2D eigenvalue weighted by Gasteiger charge is -2.08. The summed E-state index contributed by atoms with van der Waals surface area (Å²) in [4.78, 5) is 11.9. The number of nitrogens with zero attached hydrogens (tertiary/aromatic N) is 2. The molecule has 0 saturated heterocycles. The first kappa shape index (κ1) is 16.6. The van der Waals surface area contributed by atoms with Crippen molar-refractivity contribution in [1.82, 2.24) is 15.1 Å². The van der Waals surface area contributed by atoms with E-state index >= 15 is 0 Å². The topological polar surface area (TPSA) is 59.0 Å². The van der Waals surface area contributed by atoms with Crippen molar-refractivity contribution in [1.29, 1.82) is 0 Å². The van der Waals surface area contributed by atoms with Gasteiger partial charge in [-0.05, 0) is 44.0 Å². The Kier molecular flexibility index (Phi) is 5.32. The molecule has 5 nitrogen and oxygen atoms in total. The highest BCUT2D eigenvalue weighted by Gasteiger charge is 2.09. The van der Waals surface area contributed by atoms with Gasteiger partial charge in [0.1, 0.15) is 0 Å². The average molecular weight is 341 g/mol. The van der Waals surface area contributed by atoms with Crippen LogP contribution in [0.15, 0.2) is 18.2 Å². The molecule has 118 valence electrons. The molecule has 2 aromatic rings. The molecular weight excluding hydrogens is 323 g/mol. The van der Waals surface area contributed by atoms with E-state index in [0.29, 0.717) is 22.3 Å². The van der Waals surface area contributed by atoms with Gasteiger partial charge >= 0.3 is 6.03 Å². The van der Waals surface area contributed by atoms with E-state index < -0.39 is 0 Å². The van der Waals surface area contributed by atoms with Crippen molar-refractivity contribution in [3.05, 3.63) is 45.2 Å². The van der Waals surface area contributed by atoms with Gasteiger partial charge in [-0.25, -0.2) is 4.79 Å². The minimum absolute atomic E-state index is 0.280. The largest absolute Gasteiger partial charge is 0.338 e. The van der Waals surface area contributed by atoms with Crippen LogP contribution in [0.4, 0.5) is 10.5 Å². The summed E-state index contributed by atoms with van der Waals surface area (Å²) in [5, 5.41) is 10.7. The fraction of sp³-hybridized carbons (Fsp3) is 0.333. The van der Waals surface area contributed by atoms with Crippen LogP contribution in [0, 0.1) is 13.8 Å². The minimum Gasteiger partial charge on any atom is -0.338 e. The van der Waals surface area contributed by atoms with Gasteiger partial charge in [0.15, 0.2) is 0 Å². The summed E-state index contributed by atoms with van der Waals surface area (Å²) >= 11 is 11.7. The molecule has 0 aliphatic heterocycles. The quantitative estimate of drug-likeness (QED) is 0.891. The van der Waals surface area contributed by atoms with Crippen molar-refractivity contribution in [2.24, 2.45) is 7.05 Å². The third kappa shape index (κ3) is 3.93. The highest BCUT2D eigenvalue weighted by atomic mass is 35.5. The molecule has 0 unspecified atom stereocenters. The Hall–Kier alpha value is -1.72. The summed E-state index contributed by atoms with van der Waals surface area (Å²) in [6.45, 7) is 4.52. The zero-order valence-electron chi connectivity index (χ0n) is 12.7. The van der Waals surface area contributed by atoms with E-state index in [4.69, 9.17) is 23.2 Å². The molecule has 0 saturated carbocycles. The molecule has 1 aromatic carbocycles. The van der Waals surface area contributed by atoms with E-state index in [2.05, 4.69) is 15.7 Å². The highest BCUT2D eigenvalue weighted by molar-refractivity contribution is 6.42. The van der Waals surface area contributed by atoms with Crippen LogP contribution in [-0.2, 0) is 13.5 Å². The Balaban J connectivity index is 1.86. The summed E-state index contributed by atoms with van der Waals surface area (Å²) in [6.07, 6.45) is 0.736. The first-order valence-electron chi connectivity index (χ1n) is 6.87. The number of hydrogen-bond acceptors (Lipinski definition) is 2. The van der Waals surface area contributed by atoms with Gasteiger partial charge < -0.3 is 10.6 Å². The van der Waals surface area contributed by atoms with E-state index in [1.807, 2.05) is 25.6 Å². The lowest BCUT2D eigenvalue weighted by Crippen LogP contribution is -2.30. The number of anilines is 1. The van der Waals surface area contributed by atoms with Crippen LogP contribution in [0.5, 0.6) is 0 Å². The Morgan fingerprint density at radius 3 is 2.59 bits per heavy atom. The van der Waals surface area contributed by atoms with Crippen molar-refractivity contribution >= 4 is 34.9 Å². The van der Waals surface area contributed by atoms with Crippen LogP contribution in [0.25, 0.3) is 0 Å². The number of carbonyl (C=O) groups is 1. The number of benzene rings is 1. The minimum atomic E-state index is -0.280. The number of amides is 2. The second kappa shape index (κ2) is 7.03. The van der Waals surface area contributed by atoms with Gasteiger partial charge in [-0.3, -0.25) is 4.68 Å². The molecular formula is C15H18Cl2N4O. The van der Waals surface area contributed by atoms with E-state index in [1.165, 1.54) is 0 Å². The lowest BCUT2D eigenvalue weighted by molar-refractivity contribution is 0.252. The number of nitrogens with one attached hydrogen (secondary N) is 2. The van der Waals surface area contributed by atoms with Crippen molar-refractivity contribution in [3.63, 3.8) is 0 Å². The molecule has 0 bridgehead atoms. The number of aromatic nitrogens is 2. The molecule has 0 aliphatic rings. The van der Waals surface area contributed by atoms with Crippen molar-refractivity contribution in [3.8, 4) is 0 Å². The predicted molar refractivity (Wildman–Crippen MR) is 89.9 cm³/mol. The standard InChI is InChI=1S/C15H18Cl2N4O/c1-9-12(10(2)21(3)20-9)6-7-18-15(22)19-11-4-5-13(16)14(17)8-11/h4-5,8H,6-7H2,1-3H3,(H2,18,19,22). The number of carbonyl (C=O) groups excluding carboxylic acids is 1. The lowest BCUT2D eigenvalue weighted by atomic mass is 10.1. The van der Waals surface area contributed by atoms with Gasteiger partial charge in [-0.2, -0.15) is 5.10 Å². The predicted octanol–water partition coefficient (Wildman–Crippen LogP) is 3.71. The van der Waals surface area contributed by atoms with Crippen LogP contribution in [-0.4, -0.2) is 22.4 Å². The first-order chi connectivity index (χ1) is 10.4. The first-order valence-corrected chi connectivity index (χ1v) is 7.63. The maximum Gasteiger partial charge on any atom is 0.319 e. The van der Waals surface area contributed by atoms with Gasteiger partial charge in [-0.1, -0.05) is 23.2 Å². The molecule has 22 heavy (non-hydrogen) atoms.